The highest BCUT2D eigenvalue weighted by Gasteiger charge is 2.81. The van der Waals surface area contributed by atoms with Crippen LogP contribution in [0, 0.1) is 16.2 Å². The van der Waals surface area contributed by atoms with Crippen molar-refractivity contribution in [2.75, 3.05) is 13.1 Å². The molecule has 17 heavy (non-hydrogen) atoms. The standard InChI is InChI=1S/C14H21Cl2N/c1-11-4-12(2)6-13(3,5-11)14(9(15)10(14)16)17(7-11)8-12/h9-10H,4-8H2,1-3H3/t9-,10+,11-,12+,13?,14?. The van der Waals surface area contributed by atoms with E-state index in [9.17, 15) is 0 Å². The first-order valence-electron chi connectivity index (χ1n) is 6.78. The SMILES string of the molecule is CC12C[C@]3(C)CN(C[C@](C)(C1)C3)C21[C@H](Cl)[C@@H]1Cl. The Labute approximate surface area is 114 Å². The molecule has 3 saturated heterocycles. The largest absolute Gasteiger partial charge is 0.293 e. The van der Waals surface area contributed by atoms with Gasteiger partial charge in [-0.3, -0.25) is 4.90 Å². The number of alkyl halides is 2. The van der Waals surface area contributed by atoms with Gasteiger partial charge in [0, 0.05) is 13.1 Å². The maximum Gasteiger partial charge on any atom is 0.0722 e. The number of nitrogens with zero attached hydrogens (tertiary/aromatic N) is 1. The Kier molecular flexibility index (Phi) is 1.80. The van der Waals surface area contributed by atoms with Crippen molar-refractivity contribution < 1.29 is 0 Å². The molecule has 96 valence electrons. The molecule has 2 saturated carbocycles. The van der Waals surface area contributed by atoms with Gasteiger partial charge in [-0.1, -0.05) is 20.8 Å². The van der Waals surface area contributed by atoms with Gasteiger partial charge in [0.2, 0.25) is 0 Å². The van der Waals surface area contributed by atoms with E-state index in [4.69, 9.17) is 23.2 Å². The van der Waals surface area contributed by atoms with Gasteiger partial charge in [-0.05, 0) is 35.5 Å². The quantitative estimate of drug-likeness (QED) is 0.611. The zero-order valence-corrected chi connectivity index (χ0v) is 12.4. The van der Waals surface area contributed by atoms with Crippen molar-refractivity contribution in [3.63, 3.8) is 0 Å². The van der Waals surface area contributed by atoms with Gasteiger partial charge in [0.1, 0.15) is 0 Å². The molecule has 3 heteroatoms. The average Bonchev–Trinajstić information content (AvgIpc) is 2.63. The van der Waals surface area contributed by atoms with Crippen LogP contribution >= 0.6 is 23.2 Å². The Balaban J connectivity index is 1.86. The minimum Gasteiger partial charge on any atom is -0.293 e. The Hall–Kier alpha value is 0.540. The van der Waals surface area contributed by atoms with Gasteiger partial charge in [-0.2, -0.15) is 0 Å². The van der Waals surface area contributed by atoms with Gasteiger partial charge in [0.05, 0.1) is 16.3 Å². The molecule has 0 aromatic heterocycles. The van der Waals surface area contributed by atoms with Crippen LogP contribution in [-0.4, -0.2) is 34.3 Å². The lowest BCUT2D eigenvalue weighted by Crippen LogP contribution is -2.72. The van der Waals surface area contributed by atoms with Crippen molar-refractivity contribution in [1.82, 2.24) is 4.90 Å². The summed E-state index contributed by atoms with van der Waals surface area (Å²) in [5.74, 6) is 0. The number of halogens is 2. The zero-order valence-electron chi connectivity index (χ0n) is 10.9. The maximum atomic E-state index is 6.54. The van der Waals surface area contributed by atoms with Crippen LogP contribution in [0.25, 0.3) is 0 Å². The third-order valence-corrected chi connectivity index (χ3v) is 7.41. The van der Waals surface area contributed by atoms with Gasteiger partial charge in [-0.25, -0.2) is 0 Å². The van der Waals surface area contributed by atoms with Crippen molar-refractivity contribution >= 4 is 23.2 Å². The predicted molar refractivity (Wildman–Crippen MR) is 71.8 cm³/mol. The third-order valence-electron chi connectivity index (χ3n) is 6.11. The molecular weight excluding hydrogens is 253 g/mol. The van der Waals surface area contributed by atoms with Crippen molar-refractivity contribution in [2.24, 2.45) is 16.2 Å². The lowest BCUT2D eigenvalue weighted by molar-refractivity contribution is -0.201. The molecule has 0 N–H and O–H groups in total. The predicted octanol–water partition coefficient (Wildman–Crippen LogP) is 3.49. The molecule has 5 fully saturated rings. The van der Waals surface area contributed by atoms with E-state index >= 15 is 0 Å². The molecule has 5 aliphatic rings. The minimum absolute atomic E-state index is 0.121. The second-order valence-corrected chi connectivity index (χ2v) is 9.14. The highest BCUT2D eigenvalue weighted by molar-refractivity contribution is 6.36. The van der Waals surface area contributed by atoms with Crippen LogP contribution in [0.4, 0.5) is 0 Å². The summed E-state index contributed by atoms with van der Waals surface area (Å²) in [5, 5.41) is 0.336. The fourth-order valence-electron chi connectivity index (χ4n) is 6.54. The summed E-state index contributed by atoms with van der Waals surface area (Å²) in [5.41, 5.74) is 1.46. The third kappa shape index (κ3) is 1.06. The fraction of sp³-hybridized carbons (Fsp3) is 1.00. The average molecular weight is 274 g/mol. The molecule has 3 aliphatic heterocycles. The molecular formula is C14H21Cl2N. The van der Waals surface area contributed by atoms with E-state index < -0.39 is 0 Å². The molecule has 2 aliphatic carbocycles. The Bertz CT molecular complexity index is 381. The van der Waals surface area contributed by atoms with Gasteiger partial charge in [0.15, 0.2) is 0 Å². The summed E-state index contributed by atoms with van der Waals surface area (Å²) in [4.78, 5) is 2.67. The van der Waals surface area contributed by atoms with E-state index in [2.05, 4.69) is 25.7 Å². The maximum absolute atomic E-state index is 6.54. The molecule has 7 atom stereocenters. The first-order chi connectivity index (χ1) is 7.75. The second-order valence-electron chi connectivity index (χ2n) is 8.20. The molecule has 0 radical (unpaired) electrons. The van der Waals surface area contributed by atoms with Gasteiger partial charge in [0.25, 0.3) is 0 Å². The summed E-state index contributed by atoms with van der Waals surface area (Å²) in [7, 11) is 0. The highest BCUT2D eigenvalue weighted by Crippen LogP contribution is 2.75. The first-order valence-corrected chi connectivity index (χ1v) is 7.65. The second kappa shape index (κ2) is 2.69. The molecule has 0 amide bonds. The Morgan fingerprint density at radius 2 is 1.35 bits per heavy atom. The number of hydrogen-bond acceptors (Lipinski definition) is 1. The topological polar surface area (TPSA) is 3.24 Å². The van der Waals surface area contributed by atoms with Gasteiger partial charge < -0.3 is 0 Å². The van der Waals surface area contributed by atoms with Crippen molar-refractivity contribution in [3.8, 4) is 0 Å². The molecule has 1 spiro atoms. The molecule has 3 unspecified atom stereocenters. The summed E-state index contributed by atoms with van der Waals surface area (Å²) in [6.45, 7) is 9.81. The monoisotopic (exact) mass is 273 g/mol. The van der Waals surface area contributed by atoms with Crippen LogP contribution in [0.3, 0.4) is 0 Å². The summed E-state index contributed by atoms with van der Waals surface area (Å²) >= 11 is 13.1. The van der Waals surface area contributed by atoms with Crippen LogP contribution < -0.4 is 0 Å². The smallest absolute Gasteiger partial charge is 0.0722 e. The lowest BCUT2D eigenvalue weighted by atomic mass is 9.46. The molecule has 0 aromatic rings. The number of rotatable bonds is 0. The van der Waals surface area contributed by atoms with E-state index in [1.165, 1.54) is 32.4 Å². The normalized spacial score (nSPS) is 72.2. The molecule has 1 nitrogen and oxygen atoms in total. The molecule has 5 rings (SSSR count). The number of hydrogen-bond donors (Lipinski definition) is 0. The summed E-state index contributed by atoms with van der Waals surface area (Å²) < 4.78 is 0. The molecule has 0 aromatic carbocycles. The van der Waals surface area contributed by atoms with Crippen LogP contribution in [0.2, 0.25) is 0 Å². The minimum atomic E-state index is 0.121. The van der Waals surface area contributed by atoms with Gasteiger partial charge >= 0.3 is 0 Å². The van der Waals surface area contributed by atoms with E-state index in [1.807, 2.05) is 0 Å². The zero-order chi connectivity index (χ0) is 12.3. The lowest BCUT2D eigenvalue weighted by Gasteiger charge is -2.70. The van der Waals surface area contributed by atoms with Crippen molar-refractivity contribution in [2.45, 2.75) is 56.3 Å². The summed E-state index contributed by atoms with van der Waals surface area (Å²) in [6, 6.07) is 0. The summed E-state index contributed by atoms with van der Waals surface area (Å²) in [6.07, 6.45) is 4.03. The van der Waals surface area contributed by atoms with Crippen molar-refractivity contribution in [1.29, 1.82) is 0 Å². The molecule has 3 heterocycles. The van der Waals surface area contributed by atoms with Gasteiger partial charge in [-0.15, -0.1) is 23.2 Å². The first kappa shape index (κ1) is 11.4. The van der Waals surface area contributed by atoms with E-state index in [0.29, 0.717) is 16.2 Å². The van der Waals surface area contributed by atoms with E-state index in [-0.39, 0.29) is 16.3 Å². The molecule has 4 bridgehead atoms. The van der Waals surface area contributed by atoms with Crippen molar-refractivity contribution in [3.05, 3.63) is 0 Å². The van der Waals surface area contributed by atoms with Crippen LogP contribution in [0.5, 0.6) is 0 Å². The van der Waals surface area contributed by atoms with E-state index in [0.717, 1.165) is 0 Å². The van der Waals surface area contributed by atoms with Crippen LogP contribution in [-0.2, 0) is 0 Å². The van der Waals surface area contributed by atoms with Crippen LogP contribution in [0.15, 0.2) is 0 Å². The van der Waals surface area contributed by atoms with Crippen LogP contribution in [0.1, 0.15) is 40.0 Å². The Morgan fingerprint density at radius 1 is 0.882 bits per heavy atom. The highest BCUT2D eigenvalue weighted by atomic mass is 35.5. The fourth-order valence-corrected chi connectivity index (χ4v) is 7.92. The van der Waals surface area contributed by atoms with E-state index in [1.54, 1.807) is 0 Å². The Morgan fingerprint density at radius 3 is 1.71 bits per heavy atom. The number of piperidine rings is 3.